The first-order valence-electron chi connectivity index (χ1n) is 11.0. The van der Waals surface area contributed by atoms with Crippen molar-refractivity contribution >= 4 is 33.9 Å². The highest BCUT2D eigenvalue weighted by molar-refractivity contribution is 5.95. The van der Waals surface area contributed by atoms with Crippen LogP contribution in [-0.4, -0.2) is 53.7 Å². The lowest BCUT2D eigenvalue weighted by Gasteiger charge is -2.16. The van der Waals surface area contributed by atoms with Crippen LogP contribution in [-0.2, 0) is 7.05 Å². The number of hydrogen-bond acceptors (Lipinski definition) is 7. The second kappa shape index (κ2) is 9.79. The first-order valence-corrected chi connectivity index (χ1v) is 11.0. The SMILES string of the molecule is COc1cc(NCCCN(C)C)c(N)cc1Nc1nccc(-c2cn(C)c3ccccc23)n1. The Balaban J connectivity index is 1.57. The number of nitrogens with two attached hydrogens (primary N) is 1. The lowest BCUT2D eigenvalue weighted by Crippen LogP contribution is -2.16. The summed E-state index contributed by atoms with van der Waals surface area (Å²) in [5.41, 5.74) is 11.6. The summed E-state index contributed by atoms with van der Waals surface area (Å²) in [6, 6.07) is 13.9. The third-order valence-electron chi connectivity index (χ3n) is 5.54. The Morgan fingerprint density at radius 1 is 1.12 bits per heavy atom. The molecule has 172 valence electrons. The molecule has 0 aliphatic carbocycles. The van der Waals surface area contributed by atoms with Crippen molar-refractivity contribution in [2.45, 2.75) is 6.42 Å². The Bertz CT molecular complexity index is 1250. The van der Waals surface area contributed by atoms with E-state index in [9.17, 15) is 0 Å². The number of anilines is 4. The summed E-state index contributed by atoms with van der Waals surface area (Å²) in [6.07, 6.45) is 4.86. The maximum absolute atomic E-state index is 6.31. The van der Waals surface area contributed by atoms with Gasteiger partial charge in [0.15, 0.2) is 0 Å². The summed E-state index contributed by atoms with van der Waals surface area (Å²) in [4.78, 5) is 11.3. The van der Waals surface area contributed by atoms with Crippen LogP contribution >= 0.6 is 0 Å². The molecule has 2 aromatic heterocycles. The van der Waals surface area contributed by atoms with E-state index in [0.29, 0.717) is 23.1 Å². The number of para-hydroxylation sites is 1. The molecule has 0 amide bonds. The number of fused-ring (bicyclic) bond motifs is 1. The van der Waals surface area contributed by atoms with E-state index in [4.69, 9.17) is 15.5 Å². The van der Waals surface area contributed by atoms with Gasteiger partial charge < -0.3 is 30.6 Å². The predicted molar refractivity (Wildman–Crippen MR) is 136 cm³/mol. The third-order valence-corrected chi connectivity index (χ3v) is 5.54. The number of hydrogen-bond donors (Lipinski definition) is 3. The molecule has 4 N–H and O–H groups in total. The fraction of sp³-hybridized carbons (Fsp3) is 0.280. The highest BCUT2D eigenvalue weighted by Gasteiger charge is 2.13. The molecule has 8 nitrogen and oxygen atoms in total. The third kappa shape index (κ3) is 5.01. The number of methoxy groups -OCH3 is 1. The summed E-state index contributed by atoms with van der Waals surface area (Å²) < 4.78 is 7.71. The molecule has 0 radical (unpaired) electrons. The number of benzene rings is 2. The minimum absolute atomic E-state index is 0.477. The molecule has 8 heteroatoms. The maximum Gasteiger partial charge on any atom is 0.227 e. The lowest BCUT2D eigenvalue weighted by atomic mass is 10.1. The zero-order valence-corrected chi connectivity index (χ0v) is 19.6. The Morgan fingerprint density at radius 2 is 1.94 bits per heavy atom. The summed E-state index contributed by atoms with van der Waals surface area (Å²) in [5, 5.41) is 7.81. The standard InChI is InChI=1S/C25H31N7O/c1-31(2)13-7-11-27-21-15-24(33-4)22(14-19(21)26)30-25-28-12-10-20(29-25)18-16-32(3)23-9-6-5-8-17(18)23/h5-6,8-10,12,14-16,27H,7,11,13,26H2,1-4H3,(H,28,29,30). The molecule has 0 atom stereocenters. The average molecular weight is 446 g/mol. The first-order chi connectivity index (χ1) is 16.0. The van der Waals surface area contributed by atoms with Crippen LogP contribution in [0.3, 0.4) is 0 Å². The minimum Gasteiger partial charge on any atom is -0.494 e. The van der Waals surface area contributed by atoms with Gasteiger partial charge in [-0.05, 0) is 45.3 Å². The molecule has 4 rings (SSSR count). The van der Waals surface area contributed by atoms with Gasteiger partial charge in [0.2, 0.25) is 5.95 Å². The van der Waals surface area contributed by atoms with E-state index in [1.165, 1.54) is 0 Å². The maximum atomic E-state index is 6.31. The van der Waals surface area contributed by atoms with E-state index in [-0.39, 0.29) is 0 Å². The number of rotatable bonds is 9. The molecule has 0 spiro atoms. The van der Waals surface area contributed by atoms with Gasteiger partial charge in [0, 0.05) is 48.5 Å². The Kier molecular flexibility index (Phi) is 6.65. The molecule has 0 aliphatic heterocycles. The van der Waals surface area contributed by atoms with Crippen molar-refractivity contribution in [2.24, 2.45) is 7.05 Å². The van der Waals surface area contributed by atoms with Gasteiger partial charge >= 0.3 is 0 Å². The molecule has 2 heterocycles. The molecular weight excluding hydrogens is 414 g/mol. The quantitative estimate of drug-likeness (QED) is 0.261. The monoisotopic (exact) mass is 445 g/mol. The smallest absolute Gasteiger partial charge is 0.227 e. The van der Waals surface area contributed by atoms with E-state index in [1.54, 1.807) is 13.3 Å². The summed E-state index contributed by atoms with van der Waals surface area (Å²) in [5.74, 6) is 1.14. The van der Waals surface area contributed by atoms with E-state index in [0.717, 1.165) is 47.4 Å². The van der Waals surface area contributed by atoms with Gasteiger partial charge in [0.1, 0.15) is 5.75 Å². The number of aryl methyl sites for hydroxylation is 1. The van der Waals surface area contributed by atoms with E-state index < -0.39 is 0 Å². The van der Waals surface area contributed by atoms with Crippen molar-refractivity contribution in [3.63, 3.8) is 0 Å². The summed E-state index contributed by atoms with van der Waals surface area (Å²) in [6.45, 7) is 1.84. The van der Waals surface area contributed by atoms with Crippen LogP contribution in [0.5, 0.6) is 5.75 Å². The largest absolute Gasteiger partial charge is 0.494 e. The van der Waals surface area contributed by atoms with E-state index in [2.05, 4.69) is 57.5 Å². The molecule has 0 bridgehead atoms. The summed E-state index contributed by atoms with van der Waals surface area (Å²) in [7, 11) is 7.81. The molecule has 0 fully saturated rings. The molecule has 2 aromatic carbocycles. The van der Waals surface area contributed by atoms with Crippen LogP contribution in [0.15, 0.2) is 54.9 Å². The number of nitrogens with zero attached hydrogens (tertiary/aromatic N) is 4. The highest BCUT2D eigenvalue weighted by Crippen LogP contribution is 2.35. The predicted octanol–water partition coefficient (Wildman–Crippen LogP) is 4.33. The van der Waals surface area contributed by atoms with Crippen molar-refractivity contribution in [3.8, 4) is 17.0 Å². The Morgan fingerprint density at radius 3 is 2.73 bits per heavy atom. The number of nitrogen functional groups attached to an aromatic ring is 1. The van der Waals surface area contributed by atoms with Crippen LogP contribution < -0.4 is 21.1 Å². The molecule has 33 heavy (non-hydrogen) atoms. The molecule has 0 saturated heterocycles. The number of aromatic nitrogens is 3. The second-order valence-corrected chi connectivity index (χ2v) is 8.28. The first kappa shape index (κ1) is 22.4. The van der Waals surface area contributed by atoms with Crippen LogP contribution in [0.1, 0.15) is 6.42 Å². The fourth-order valence-corrected chi connectivity index (χ4v) is 3.87. The zero-order chi connectivity index (χ0) is 23.4. The van der Waals surface area contributed by atoms with Crippen molar-refractivity contribution < 1.29 is 4.74 Å². The fourth-order valence-electron chi connectivity index (χ4n) is 3.87. The van der Waals surface area contributed by atoms with Crippen LogP contribution in [0.4, 0.5) is 23.0 Å². The van der Waals surface area contributed by atoms with Gasteiger partial charge in [-0.25, -0.2) is 9.97 Å². The number of ether oxygens (including phenoxy) is 1. The molecular formula is C25H31N7O. The minimum atomic E-state index is 0.477. The molecule has 4 aromatic rings. The lowest BCUT2D eigenvalue weighted by molar-refractivity contribution is 0.405. The second-order valence-electron chi connectivity index (χ2n) is 8.28. The van der Waals surface area contributed by atoms with Gasteiger partial charge in [-0.1, -0.05) is 18.2 Å². The zero-order valence-electron chi connectivity index (χ0n) is 19.6. The van der Waals surface area contributed by atoms with Crippen LogP contribution in [0, 0.1) is 0 Å². The van der Waals surface area contributed by atoms with Crippen molar-refractivity contribution in [2.75, 3.05) is 50.7 Å². The van der Waals surface area contributed by atoms with Crippen LogP contribution in [0.25, 0.3) is 22.2 Å². The van der Waals surface area contributed by atoms with Gasteiger partial charge in [-0.3, -0.25) is 0 Å². The van der Waals surface area contributed by atoms with Crippen molar-refractivity contribution in [1.82, 2.24) is 19.4 Å². The highest BCUT2D eigenvalue weighted by atomic mass is 16.5. The van der Waals surface area contributed by atoms with Crippen LogP contribution in [0.2, 0.25) is 0 Å². The molecule has 0 saturated carbocycles. The average Bonchev–Trinajstić information content (AvgIpc) is 3.15. The van der Waals surface area contributed by atoms with E-state index in [1.807, 2.05) is 37.4 Å². The number of nitrogens with one attached hydrogen (secondary N) is 2. The van der Waals surface area contributed by atoms with E-state index >= 15 is 0 Å². The topological polar surface area (TPSA) is 93.3 Å². The van der Waals surface area contributed by atoms with Crippen molar-refractivity contribution in [1.29, 1.82) is 0 Å². The van der Waals surface area contributed by atoms with Gasteiger partial charge in [-0.15, -0.1) is 0 Å². The van der Waals surface area contributed by atoms with Gasteiger partial charge in [-0.2, -0.15) is 0 Å². The van der Waals surface area contributed by atoms with Gasteiger partial charge in [0.05, 0.1) is 29.9 Å². The Labute approximate surface area is 194 Å². The van der Waals surface area contributed by atoms with Gasteiger partial charge in [0.25, 0.3) is 0 Å². The molecule has 0 aliphatic rings. The van der Waals surface area contributed by atoms with Crippen molar-refractivity contribution in [3.05, 3.63) is 54.9 Å². The molecule has 0 unspecified atom stereocenters. The Hall–Kier alpha value is -3.78. The normalized spacial score (nSPS) is 11.2. The summed E-state index contributed by atoms with van der Waals surface area (Å²) >= 11 is 0.